The molecule has 31 heavy (non-hydrogen) atoms. The molecule has 0 N–H and O–H groups in total. The molecule has 0 unspecified atom stereocenters. The standard InChI is InChI=1S/C24H26FN3OS2/c1-17-3-4-18(2)19(13-17)15-30-24-26-21(16-31-24)14-23(29)28-11-9-27(10-12-28)22-7-5-20(25)6-8-22/h3-8,13,16H,9-12,14-15H2,1-2H3. The number of thiazole rings is 1. The first-order chi connectivity index (χ1) is 15.0. The molecule has 162 valence electrons. The minimum absolute atomic E-state index is 0.120. The van der Waals surface area contributed by atoms with Crippen LogP contribution < -0.4 is 4.90 Å². The predicted octanol–water partition coefficient (Wildman–Crippen LogP) is 5.08. The van der Waals surface area contributed by atoms with E-state index < -0.39 is 0 Å². The van der Waals surface area contributed by atoms with E-state index in [1.807, 2.05) is 10.3 Å². The van der Waals surface area contributed by atoms with Crippen molar-refractivity contribution >= 4 is 34.7 Å². The van der Waals surface area contributed by atoms with Gasteiger partial charge in [-0.2, -0.15) is 0 Å². The summed E-state index contributed by atoms with van der Waals surface area (Å²) in [6, 6.07) is 13.1. The van der Waals surface area contributed by atoms with Crippen LogP contribution in [-0.2, 0) is 17.0 Å². The van der Waals surface area contributed by atoms with E-state index in [2.05, 4.69) is 41.9 Å². The van der Waals surface area contributed by atoms with Crippen molar-refractivity contribution in [3.8, 4) is 0 Å². The van der Waals surface area contributed by atoms with Crippen molar-refractivity contribution in [2.75, 3.05) is 31.1 Å². The van der Waals surface area contributed by atoms with E-state index in [1.54, 1.807) is 35.2 Å². The Morgan fingerprint density at radius 3 is 2.58 bits per heavy atom. The minimum Gasteiger partial charge on any atom is -0.368 e. The van der Waals surface area contributed by atoms with E-state index in [0.717, 1.165) is 34.6 Å². The number of carbonyl (C=O) groups is 1. The monoisotopic (exact) mass is 455 g/mol. The third kappa shape index (κ3) is 5.66. The molecule has 0 bridgehead atoms. The van der Waals surface area contributed by atoms with Gasteiger partial charge in [0.1, 0.15) is 10.2 Å². The number of rotatable bonds is 6. The van der Waals surface area contributed by atoms with Crippen LogP contribution in [0.15, 0.2) is 52.2 Å². The van der Waals surface area contributed by atoms with E-state index in [-0.39, 0.29) is 11.7 Å². The fourth-order valence-corrected chi connectivity index (χ4v) is 5.57. The number of hydrogen-bond donors (Lipinski definition) is 0. The Morgan fingerprint density at radius 2 is 1.84 bits per heavy atom. The van der Waals surface area contributed by atoms with E-state index >= 15 is 0 Å². The lowest BCUT2D eigenvalue weighted by atomic mass is 10.1. The first-order valence-electron chi connectivity index (χ1n) is 10.4. The zero-order valence-corrected chi connectivity index (χ0v) is 19.4. The number of halogens is 1. The average Bonchev–Trinajstić information content (AvgIpc) is 3.22. The molecule has 0 atom stereocenters. The minimum atomic E-state index is -0.229. The van der Waals surface area contributed by atoms with Crippen molar-refractivity contribution in [3.63, 3.8) is 0 Å². The number of benzene rings is 2. The first kappa shape index (κ1) is 21.8. The third-order valence-corrected chi connectivity index (χ3v) is 7.66. The molecule has 1 amide bonds. The van der Waals surface area contributed by atoms with Gasteiger partial charge in [-0.15, -0.1) is 11.3 Å². The fourth-order valence-electron chi connectivity index (χ4n) is 3.66. The van der Waals surface area contributed by atoms with Gasteiger partial charge in [-0.25, -0.2) is 9.37 Å². The molecule has 0 radical (unpaired) electrons. The highest BCUT2D eigenvalue weighted by molar-refractivity contribution is 8.00. The summed E-state index contributed by atoms with van der Waals surface area (Å²) in [6.07, 6.45) is 0.344. The van der Waals surface area contributed by atoms with Gasteiger partial charge in [0, 0.05) is 43.0 Å². The molecule has 1 saturated heterocycles. The van der Waals surface area contributed by atoms with Crippen LogP contribution in [0.3, 0.4) is 0 Å². The topological polar surface area (TPSA) is 36.4 Å². The van der Waals surface area contributed by atoms with Gasteiger partial charge in [0.25, 0.3) is 0 Å². The molecule has 0 saturated carbocycles. The number of thioether (sulfide) groups is 1. The number of anilines is 1. The molecule has 3 aromatic rings. The van der Waals surface area contributed by atoms with Crippen LogP contribution in [0, 0.1) is 19.7 Å². The third-order valence-electron chi connectivity index (χ3n) is 5.54. The van der Waals surface area contributed by atoms with Gasteiger partial charge < -0.3 is 9.80 Å². The summed E-state index contributed by atoms with van der Waals surface area (Å²) in [5.41, 5.74) is 5.74. The van der Waals surface area contributed by atoms with Crippen LogP contribution >= 0.6 is 23.1 Å². The van der Waals surface area contributed by atoms with Crippen molar-refractivity contribution in [1.82, 2.24) is 9.88 Å². The molecule has 0 aliphatic carbocycles. The van der Waals surface area contributed by atoms with Crippen LogP contribution in [0.5, 0.6) is 0 Å². The molecule has 1 fully saturated rings. The van der Waals surface area contributed by atoms with Gasteiger partial charge in [-0.1, -0.05) is 35.5 Å². The Bertz CT molecular complexity index is 1040. The molecule has 0 spiro atoms. The van der Waals surface area contributed by atoms with Crippen molar-refractivity contribution < 1.29 is 9.18 Å². The van der Waals surface area contributed by atoms with E-state index in [1.165, 1.54) is 28.8 Å². The van der Waals surface area contributed by atoms with Gasteiger partial charge in [0.2, 0.25) is 5.91 Å². The maximum absolute atomic E-state index is 13.1. The highest BCUT2D eigenvalue weighted by Crippen LogP contribution is 2.28. The summed E-state index contributed by atoms with van der Waals surface area (Å²) in [7, 11) is 0. The Labute approximate surface area is 191 Å². The predicted molar refractivity (Wildman–Crippen MR) is 126 cm³/mol. The molecular formula is C24H26FN3OS2. The number of nitrogens with zero attached hydrogens (tertiary/aromatic N) is 3. The van der Waals surface area contributed by atoms with Crippen molar-refractivity contribution in [3.05, 3.63) is 76.0 Å². The zero-order valence-electron chi connectivity index (χ0n) is 17.8. The maximum atomic E-state index is 13.1. The number of piperazine rings is 1. The van der Waals surface area contributed by atoms with Crippen LogP contribution in [0.2, 0.25) is 0 Å². The SMILES string of the molecule is Cc1ccc(C)c(CSc2nc(CC(=O)N3CCN(c4ccc(F)cc4)CC3)cs2)c1. The molecule has 4 nitrogen and oxygen atoms in total. The first-order valence-corrected chi connectivity index (χ1v) is 12.3. The molecular weight excluding hydrogens is 429 g/mol. The molecule has 7 heteroatoms. The van der Waals surface area contributed by atoms with E-state index in [0.29, 0.717) is 19.5 Å². The lowest BCUT2D eigenvalue weighted by Gasteiger charge is -2.36. The highest BCUT2D eigenvalue weighted by Gasteiger charge is 2.22. The normalized spacial score (nSPS) is 14.2. The van der Waals surface area contributed by atoms with Gasteiger partial charge in [-0.3, -0.25) is 4.79 Å². The quantitative estimate of drug-likeness (QED) is 0.486. The summed E-state index contributed by atoms with van der Waals surface area (Å²) in [4.78, 5) is 21.5. The Hall–Kier alpha value is -2.38. The average molecular weight is 456 g/mol. The second kappa shape index (κ2) is 9.83. The van der Waals surface area contributed by atoms with E-state index in [9.17, 15) is 9.18 Å². The zero-order chi connectivity index (χ0) is 21.8. The number of aryl methyl sites for hydroxylation is 2. The van der Waals surface area contributed by atoms with Gasteiger partial charge in [0.05, 0.1) is 12.1 Å². The van der Waals surface area contributed by atoms with Gasteiger partial charge in [-0.05, 0) is 49.2 Å². The molecule has 4 rings (SSSR count). The maximum Gasteiger partial charge on any atom is 0.228 e. The van der Waals surface area contributed by atoms with Gasteiger partial charge >= 0.3 is 0 Å². The number of amides is 1. The fraction of sp³-hybridized carbons (Fsp3) is 0.333. The number of carbonyl (C=O) groups excluding carboxylic acids is 1. The Kier molecular flexibility index (Phi) is 6.92. The largest absolute Gasteiger partial charge is 0.368 e. The highest BCUT2D eigenvalue weighted by atomic mass is 32.2. The lowest BCUT2D eigenvalue weighted by Crippen LogP contribution is -2.49. The van der Waals surface area contributed by atoms with Crippen LogP contribution in [-0.4, -0.2) is 42.0 Å². The summed E-state index contributed by atoms with van der Waals surface area (Å²) in [6.45, 7) is 7.11. The second-order valence-electron chi connectivity index (χ2n) is 7.84. The van der Waals surface area contributed by atoms with Crippen LogP contribution in [0.25, 0.3) is 0 Å². The molecule has 1 aliphatic rings. The number of hydrogen-bond acceptors (Lipinski definition) is 5. The van der Waals surface area contributed by atoms with Crippen molar-refractivity contribution in [2.24, 2.45) is 0 Å². The summed E-state index contributed by atoms with van der Waals surface area (Å²) >= 11 is 3.34. The molecule has 2 heterocycles. The summed E-state index contributed by atoms with van der Waals surface area (Å²) < 4.78 is 14.1. The van der Waals surface area contributed by atoms with Crippen LogP contribution in [0.1, 0.15) is 22.4 Å². The van der Waals surface area contributed by atoms with E-state index in [4.69, 9.17) is 0 Å². The van der Waals surface area contributed by atoms with Crippen LogP contribution in [0.4, 0.5) is 10.1 Å². The Morgan fingerprint density at radius 1 is 1.10 bits per heavy atom. The van der Waals surface area contributed by atoms with Crippen molar-refractivity contribution in [2.45, 2.75) is 30.4 Å². The molecule has 1 aliphatic heterocycles. The second-order valence-corrected chi connectivity index (χ2v) is 9.92. The summed E-state index contributed by atoms with van der Waals surface area (Å²) in [5.74, 6) is 0.780. The summed E-state index contributed by atoms with van der Waals surface area (Å²) in [5, 5.41) is 2.00. The van der Waals surface area contributed by atoms with Gasteiger partial charge in [0.15, 0.2) is 0 Å². The lowest BCUT2D eigenvalue weighted by molar-refractivity contribution is -0.130. The molecule has 2 aromatic carbocycles. The molecule has 1 aromatic heterocycles. The van der Waals surface area contributed by atoms with Crippen molar-refractivity contribution in [1.29, 1.82) is 0 Å². The smallest absolute Gasteiger partial charge is 0.228 e. The number of aromatic nitrogens is 1. The Balaban J connectivity index is 1.27.